The van der Waals surface area contributed by atoms with E-state index in [0.717, 1.165) is 11.1 Å². The first-order valence-electron chi connectivity index (χ1n) is 10.5. The van der Waals surface area contributed by atoms with Crippen molar-refractivity contribution in [3.63, 3.8) is 0 Å². The molecule has 0 radical (unpaired) electrons. The molecule has 0 unspecified atom stereocenters. The van der Waals surface area contributed by atoms with Crippen LogP contribution >= 0.6 is 0 Å². The molecule has 0 aliphatic carbocycles. The molecule has 0 saturated heterocycles. The van der Waals surface area contributed by atoms with Crippen molar-refractivity contribution >= 4 is 11.7 Å². The van der Waals surface area contributed by atoms with E-state index < -0.39 is 0 Å². The van der Waals surface area contributed by atoms with Crippen LogP contribution in [0.5, 0.6) is 0 Å². The quantitative estimate of drug-likeness (QED) is 0.471. The fraction of sp³-hybridized carbons (Fsp3) is 0.292. The lowest BCUT2D eigenvalue weighted by molar-refractivity contribution is -0.116. The van der Waals surface area contributed by atoms with Gasteiger partial charge in [0.15, 0.2) is 0 Å². The van der Waals surface area contributed by atoms with Gasteiger partial charge in [-0.2, -0.15) is 10.1 Å². The molecule has 0 bridgehead atoms. The molecule has 32 heavy (non-hydrogen) atoms. The third kappa shape index (κ3) is 5.26. The van der Waals surface area contributed by atoms with Crippen molar-refractivity contribution in [2.75, 3.05) is 5.32 Å². The van der Waals surface area contributed by atoms with Crippen molar-refractivity contribution in [3.8, 4) is 11.4 Å². The van der Waals surface area contributed by atoms with Crippen LogP contribution in [0.15, 0.2) is 65.6 Å². The van der Waals surface area contributed by atoms with Gasteiger partial charge in [-0.05, 0) is 28.7 Å². The maximum Gasteiger partial charge on any atom is 0.227 e. The van der Waals surface area contributed by atoms with E-state index >= 15 is 0 Å². The Morgan fingerprint density at radius 2 is 1.91 bits per heavy atom. The Labute approximate surface area is 186 Å². The predicted molar refractivity (Wildman–Crippen MR) is 121 cm³/mol. The molecule has 1 amide bonds. The summed E-state index contributed by atoms with van der Waals surface area (Å²) in [5, 5.41) is 11.2. The van der Waals surface area contributed by atoms with Crippen molar-refractivity contribution in [2.45, 2.75) is 45.6 Å². The molecule has 0 aliphatic rings. The first-order chi connectivity index (χ1) is 15.4. The smallest absolute Gasteiger partial charge is 0.227 e. The maximum atomic E-state index is 12.5. The predicted octanol–water partition coefficient (Wildman–Crippen LogP) is 4.25. The Hall–Kier alpha value is -3.81. The van der Waals surface area contributed by atoms with Gasteiger partial charge in [-0.15, -0.1) is 0 Å². The van der Waals surface area contributed by atoms with Gasteiger partial charge in [0.2, 0.25) is 17.6 Å². The molecule has 1 aromatic carbocycles. The SMILES string of the molecule is CC(C)(C)c1ccc(Cn2nccc2NC(=O)CCc2nc(-c3cccnc3)no2)cc1. The summed E-state index contributed by atoms with van der Waals surface area (Å²) in [5.41, 5.74) is 3.28. The summed E-state index contributed by atoms with van der Waals surface area (Å²) in [6.07, 6.45) is 5.60. The highest BCUT2D eigenvalue weighted by molar-refractivity contribution is 5.89. The number of aromatic nitrogens is 5. The van der Waals surface area contributed by atoms with Crippen LogP contribution < -0.4 is 5.32 Å². The van der Waals surface area contributed by atoms with E-state index in [-0.39, 0.29) is 17.7 Å². The Morgan fingerprint density at radius 1 is 1.09 bits per heavy atom. The highest BCUT2D eigenvalue weighted by atomic mass is 16.5. The van der Waals surface area contributed by atoms with Gasteiger partial charge in [-0.1, -0.05) is 50.2 Å². The van der Waals surface area contributed by atoms with E-state index in [1.165, 1.54) is 5.56 Å². The number of carbonyl (C=O) groups is 1. The summed E-state index contributed by atoms with van der Waals surface area (Å²) in [5.74, 6) is 1.38. The van der Waals surface area contributed by atoms with Gasteiger partial charge in [0.25, 0.3) is 0 Å². The van der Waals surface area contributed by atoms with Gasteiger partial charge in [0, 0.05) is 36.9 Å². The van der Waals surface area contributed by atoms with Crippen LogP contribution in [-0.4, -0.2) is 30.8 Å². The summed E-state index contributed by atoms with van der Waals surface area (Å²) in [6.45, 7) is 7.15. The van der Waals surface area contributed by atoms with Crippen molar-refractivity contribution < 1.29 is 9.32 Å². The van der Waals surface area contributed by atoms with E-state index in [0.29, 0.717) is 30.5 Å². The van der Waals surface area contributed by atoms with Gasteiger partial charge in [-0.25, -0.2) is 4.68 Å². The molecule has 0 aliphatic heterocycles. The monoisotopic (exact) mass is 430 g/mol. The summed E-state index contributed by atoms with van der Waals surface area (Å²) in [6, 6.07) is 13.9. The second-order valence-corrected chi connectivity index (χ2v) is 8.62. The minimum Gasteiger partial charge on any atom is -0.339 e. The van der Waals surface area contributed by atoms with Crippen LogP contribution in [0, 0.1) is 0 Å². The minimum atomic E-state index is -0.143. The normalized spacial score (nSPS) is 11.5. The number of nitrogens with one attached hydrogen (secondary N) is 1. The van der Waals surface area contributed by atoms with Crippen molar-refractivity contribution in [1.82, 2.24) is 24.9 Å². The molecule has 0 spiro atoms. The van der Waals surface area contributed by atoms with Gasteiger partial charge < -0.3 is 9.84 Å². The fourth-order valence-corrected chi connectivity index (χ4v) is 3.24. The van der Waals surface area contributed by atoms with E-state index in [2.05, 4.69) is 70.6 Å². The second kappa shape index (κ2) is 9.13. The zero-order chi connectivity index (χ0) is 22.6. The van der Waals surface area contributed by atoms with Gasteiger partial charge >= 0.3 is 0 Å². The number of anilines is 1. The van der Waals surface area contributed by atoms with Gasteiger partial charge in [0.1, 0.15) is 5.82 Å². The number of hydrogen-bond donors (Lipinski definition) is 1. The third-order valence-electron chi connectivity index (χ3n) is 5.09. The van der Waals surface area contributed by atoms with Crippen LogP contribution in [-0.2, 0) is 23.2 Å². The average molecular weight is 431 g/mol. The summed E-state index contributed by atoms with van der Waals surface area (Å²) >= 11 is 0. The van der Waals surface area contributed by atoms with E-state index in [4.69, 9.17) is 4.52 Å². The van der Waals surface area contributed by atoms with E-state index in [9.17, 15) is 4.79 Å². The first kappa shape index (κ1) is 21.4. The lowest BCUT2D eigenvalue weighted by atomic mass is 9.87. The number of carbonyl (C=O) groups excluding carboxylic acids is 1. The number of pyridine rings is 1. The molecule has 3 aromatic heterocycles. The molecular formula is C24H26N6O2. The number of rotatable bonds is 7. The molecule has 1 N–H and O–H groups in total. The number of amides is 1. The molecule has 164 valence electrons. The molecule has 3 heterocycles. The Morgan fingerprint density at radius 3 is 2.62 bits per heavy atom. The Kier molecular flexibility index (Phi) is 6.11. The standard InChI is InChI=1S/C24H26N6O2/c1-24(2,3)19-8-6-17(7-9-19)16-30-20(12-14-26-30)27-21(31)10-11-22-28-23(29-32-22)18-5-4-13-25-15-18/h4-9,12-15H,10-11,16H2,1-3H3,(H,27,31). The number of hydrogen-bond acceptors (Lipinski definition) is 6. The van der Waals surface area contributed by atoms with Crippen molar-refractivity contribution in [2.24, 2.45) is 0 Å². The van der Waals surface area contributed by atoms with E-state index in [1.54, 1.807) is 35.4 Å². The molecule has 0 atom stereocenters. The summed E-state index contributed by atoms with van der Waals surface area (Å²) in [4.78, 5) is 20.8. The number of aryl methyl sites for hydroxylation is 1. The molecule has 4 rings (SSSR count). The topological polar surface area (TPSA) is 98.7 Å². The lowest BCUT2D eigenvalue weighted by Gasteiger charge is -2.19. The molecule has 8 nitrogen and oxygen atoms in total. The van der Waals surface area contributed by atoms with Gasteiger partial charge in [-0.3, -0.25) is 9.78 Å². The zero-order valence-corrected chi connectivity index (χ0v) is 18.4. The van der Waals surface area contributed by atoms with Crippen molar-refractivity contribution in [1.29, 1.82) is 0 Å². The maximum absolute atomic E-state index is 12.5. The lowest BCUT2D eigenvalue weighted by Crippen LogP contribution is -2.16. The first-order valence-corrected chi connectivity index (χ1v) is 10.5. The van der Waals surface area contributed by atoms with Crippen LogP contribution in [0.2, 0.25) is 0 Å². The number of nitrogens with zero attached hydrogens (tertiary/aromatic N) is 5. The molecule has 0 fully saturated rings. The molecule has 8 heteroatoms. The van der Waals surface area contributed by atoms with Gasteiger partial charge in [0.05, 0.1) is 12.7 Å². The largest absolute Gasteiger partial charge is 0.339 e. The number of benzene rings is 1. The summed E-state index contributed by atoms with van der Waals surface area (Å²) in [7, 11) is 0. The average Bonchev–Trinajstić information content (AvgIpc) is 3.42. The fourth-order valence-electron chi connectivity index (χ4n) is 3.24. The van der Waals surface area contributed by atoms with Crippen LogP contribution in [0.4, 0.5) is 5.82 Å². The molecular weight excluding hydrogens is 404 g/mol. The van der Waals surface area contributed by atoms with Crippen LogP contribution in [0.25, 0.3) is 11.4 Å². The highest BCUT2D eigenvalue weighted by Crippen LogP contribution is 2.22. The Balaban J connectivity index is 1.33. The van der Waals surface area contributed by atoms with Crippen molar-refractivity contribution in [3.05, 3.63) is 78.1 Å². The highest BCUT2D eigenvalue weighted by Gasteiger charge is 2.14. The van der Waals surface area contributed by atoms with Crippen LogP contribution in [0.3, 0.4) is 0 Å². The van der Waals surface area contributed by atoms with E-state index in [1.807, 2.05) is 6.07 Å². The molecule has 4 aromatic rings. The van der Waals surface area contributed by atoms with Crippen LogP contribution in [0.1, 0.15) is 44.2 Å². The molecule has 0 saturated carbocycles. The zero-order valence-electron chi connectivity index (χ0n) is 18.4. The second-order valence-electron chi connectivity index (χ2n) is 8.62. The third-order valence-corrected chi connectivity index (χ3v) is 5.09. The minimum absolute atomic E-state index is 0.112. The Bertz CT molecular complexity index is 1170. The summed E-state index contributed by atoms with van der Waals surface area (Å²) < 4.78 is 7.03.